The number of halogens is 3. The van der Waals surface area contributed by atoms with E-state index in [0.29, 0.717) is 18.0 Å². The number of carbonyl (C=O) groups excluding carboxylic acids is 1. The van der Waals surface area contributed by atoms with Gasteiger partial charge in [0.05, 0.1) is 0 Å². The summed E-state index contributed by atoms with van der Waals surface area (Å²) in [5.41, 5.74) is 5.57. The average Bonchev–Trinajstić information content (AvgIpc) is 3.07. The van der Waals surface area contributed by atoms with Crippen molar-refractivity contribution in [2.24, 2.45) is 0 Å². The number of anilines is 2. The van der Waals surface area contributed by atoms with E-state index in [1.165, 1.54) is 0 Å². The molecule has 0 unspecified atom stereocenters. The molecule has 1 aromatic rings. The highest BCUT2D eigenvalue weighted by atomic mass is 32.1. The zero-order valence-corrected chi connectivity index (χ0v) is 10.9. The quantitative estimate of drug-likeness (QED) is 0.890. The predicted octanol–water partition coefficient (Wildman–Crippen LogP) is 1.93. The van der Waals surface area contributed by atoms with E-state index in [-0.39, 0.29) is 16.7 Å². The monoisotopic (exact) mass is 294 g/mol. The van der Waals surface area contributed by atoms with E-state index in [9.17, 15) is 18.0 Å². The van der Waals surface area contributed by atoms with Crippen molar-refractivity contribution in [2.75, 3.05) is 24.6 Å². The van der Waals surface area contributed by atoms with Crippen molar-refractivity contribution in [3.63, 3.8) is 0 Å². The maximum atomic E-state index is 12.5. The van der Waals surface area contributed by atoms with Gasteiger partial charge in [-0.1, -0.05) is 11.3 Å². The van der Waals surface area contributed by atoms with E-state index in [4.69, 9.17) is 5.73 Å². The first-order chi connectivity index (χ1) is 8.81. The second-order valence-electron chi connectivity index (χ2n) is 4.26. The van der Waals surface area contributed by atoms with Gasteiger partial charge in [0.25, 0.3) is 5.91 Å². The van der Waals surface area contributed by atoms with Crippen molar-refractivity contribution in [1.29, 1.82) is 0 Å². The predicted molar refractivity (Wildman–Crippen MR) is 66.2 cm³/mol. The molecule has 5 nitrogen and oxygen atoms in total. The fraction of sp³-hybridized carbons (Fsp3) is 0.600. The Morgan fingerprint density at radius 2 is 2.21 bits per heavy atom. The molecule has 0 atom stereocenters. The van der Waals surface area contributed by atoms with Crippen LogP contribution in [0.4, 0.5) is 24.1 Å². The lowest BCUT2D eigenvalue weighted by molar-refractivity contribution is -0.141. The van der Waals surface area contributed by atoms with Gasteiger partial charge in [0.2, 0.25) is 0 Å². The van der Waals surface area contributed by atoms with Crippen molar-refractivity contribution < 1.29 is 18.0 Å². The number of nitrogens with zero attached hydrogens (tertiary/aromatic N) is 2. The van der Waals surface area contributed by atoms with Gasteiger partial charge in [-0.15, -0.1) is 0 Å². The van der Waals surface area contributed by atoms with Gasteiger partial charge < -0.3 is 16.0 Å². The Labute approximate surface area is 111 Å². The minimum absolute atomic E-state index is 0.0350. The highest BCUT2D eigenvalue weighted by Gasteiger charge is 2.41. The third-order valence-electron chi connectivity index (χ3n) is 2.66. The summed E-state index contributed by atoms with van der Waals surface area (Å²) in [7, 11) is 1.60. The lowest BCUT2D eigenvalue weighted by atomic mass is 10.3. The Hall–Kier alpha value is -1.51. The Morgan fingerprint density at radius 3 is 2.63 bits per heavy atom. The Bertz CT molecular complexity index is 484. The zero-order valence-electron chi connectivity index (χ0n) is 10.1. The Balaban J connectivity index is 2.21. The molecule has 0 saturated heterocycles. The van der Waals surface area contributed by atoms with E-state index in [1.54, 1.807) is 7.05 Å². The van der Waals surface area contributed by atoms with Gasteiger partial charge in [-0.05, 0) is 12.8 Å². The number of aromatic nitrogens is 1. The molecule has 2 rings (SSSR count). The second kappa shape index (κ2) is 4.87. The molecule has 19 heavy (non-hydrogen) atoms. The minimum atomic E-state index is -4.41. The van der Waals surface area contributed by atoms with Crippen LogP contribution >= 0.6 is 11.3 Å². The van der Waals surface area contributed by atoms with E-state index in [0.717, 1.165) is 16.2 Å². The molecule has 1 aromatic heterocycles. The summed E-state index contributed by atoms with van der Waals surface area (Å²) in [6.07, 6.45) is -3.22. The number of carbonyl (C=O) groups is 1. The molecule has 0 radical (unpaired) electrons. The number of hydrogen-bond acceptors (Lipinski definition) is 5. The number of rotatable bonds is 4. The van der Waals surface area contributed by atoms with Crippen LogP contribution in [0.2, 0.25) is 0 Å². The molecule has 3 N–H and O–H groups in total. The maximum Gasteiger partial charge on any atom is 0.406 e. The first-order valence-electron chi connectivity index (χ1n) is 5.63. The molecule has 1 amide bonds. The molecule has 1 heterocycles. The van der Waals surface area contributed by atoms with Crippen LogP contribution in [-0.2, 0) is 0 Å². The fourth-order valence-corrected chi connectivity index (χ4v) is 2.46. The molecule has 0 aliphatic heterocycles. The van der Waals surface area contributed by atoms with Crippen LogP contribution in [0.5, 0.6) is 0 Å². The molecule has 1 aliphatic rings. The summed E-state index contributed by atoms with van der Waals surface area (Å²) in [6.45, 7) is -1.25. The van der Waals surface area contributed by atoms with Crippen LogP contribution in [0.15, 0.2) is 0 Å². The molecule has 1 saturated carbocycles. The zero-order chi connectivity index (χ0) is 14.2. The van der Waals surface area contributed by atoms with Crippen LogP contribution in [-0.4, -0.2) is 41.6 Å². The van der Waals surface area contributed by atoms with Gasteiger partial charge in [-0.2, -0.15) is 13.2 Å². The number of alkyl halides is 3. The summed E-state index contributed by atoms with van der Waals surface area (Å²) in [6, 6.07) is -0.339. The summed E-state index contributed by atoms with van der Waals surface area (Å²) in [5.74, 6) is -0.733. The van der Waals surface area contributed by atoms with E-state index < -0.39 is 18.6 Å². The first-order valence-corrected chi connectivity index (χ1v) is 6.45. The van der Waals surface area contributed by atoms with Crippen molar-refractivity contribution in [1.82, 2.24) is 9.88 Å². The van der Waals surface area contributed by atoms with Crippen LogP contribution in [0.25, 0.3) is 0 Å². The summed E-state index contributed by atoms with van der Waals surface area (Å²) in [4.78, 5) is 16.9. The highest BCUT2D eigenvalue weighted by molar-refractivity contribution is 7.18. The molecule has 0 spiro atoms. The average molecular weight is 294 g/mol. The summed E-state index contributed by atoms with van der Waals surface area (Å²) < 4.78 is 37.5. The Morgan fingerprint density at radius 1 is 1.58 bits per heavy atom. The van der Waals surface area contributed by atoms with Gasteiger partial charge >= 0.3 is 6.18 Å². The van der Waals surface area contributed by atoms with Gasteiger partial charge in [0, 0.05) is 13.1 Å². The first kappa shape index (κ1) is 13.9. The number of nitrogen functional groups attached to an aromatic ring is 1. The van der Waals surface area contributed by atoms with Gasteiger partial charge in [-0.25, -0.2) is 4.98 Å². The molecule has 0 aromatic carbocycles. The van der Waals surface area contributed by atoms with E-state index in [2.05, 4.69) is 10.3 Å². The van der Waals surface area contributed by atoms with Crippen molar-refractivity contribution in [2.45, 2.75) is 25.1 Å². The molecule has 106 valence electrons. The summed E-state index contributed by atoms with van der Waals surface area (Å²) in [5, 5.41) is 3.12. The van der Waals surface area contributed by atoms with Crippen molar-refractivity contribution in [3.05, 3.63) is 4.88 Å². The van der Waals surface area contributed by atoms with Gasteiger partial charge in [0.1, 0.15) is 17.2 Å². The van der Waals surface area contributed by atoms with Gasteiger partial charge in [-0.3, -0.25) is 4.79 Å². The number of amides is 1. The van der Waals surface area contributed by atoms with Crippen molar-refractivity contribution >= 4 is 28.2 Å². The molecule has 9 heteroatoms. The van der Waals surface area contributed by atoms with Crippen LogP contribution in [0.1, 0.15) is 22.5 Å². The largest absolute Gasteiger partial charge is 0.406 e. The topological polar surface area (TPSA) is 71.2 Å². The van der Waals surface area contributed by atoms with Crippen LogP contribution < -0.4 is 11.1 Å². The third kappa shape index (κ3) is 3.28. The number of thiazole rings is 1. The lowest BCUT2D eigenvalue weighted by Crippen LogP contribution is -2.40. The van der Waals surface area contributed by atoms with E-state index in [1.807, 2.05) is 0 Å². The normalized spacial score (nSPS) is 15.4. The van der Waals surface area contributed by atoms with E-state index >= 15 is 0 Å². The lowest BCUT2D eigenvalue weighted by Gasteiger charge is -2.23. The Kier molecular flexibility index (Phi) is 3.57. The second-order valence-corrected chi connectivity index (χ2v) is 5.26. The van der Waals surface area contributed by atoms with Crippen LogP contribution in [0, 0.1) is 0 Å². The van der Waals surface area contributed by atoms with Gasteiger partial charge in [0.15, 0.2) is 5.13 Å². The van der Waals surface area contributed by atoms with Crippen molar-refractivity contribution in [3.8, 4) is 0 Å². The SMILES string of the molecule is CNc1nc(N)c(C(=O)N(CC(F)(F)F)C2CC2)s1. The number of hydrogen-bond donors (Lipinski definition) is 2. The number of nitrogens with two attached hydrogens (primary N) is 1. The van der Waals surface area contributed by atoms with Crippen LogP contribution in [0.3, 0.4) is 0 Å². The standard InChI is InChI=1S/C10H13F3N4OS/c1-15-9-16-7(14)6(19-9)8(18)17(5-2-3-5)4-10(11,12)13/h5H,2-4,14H2,1H3,(H,15,16). The molecule has 1 fully saturated rings. The smallest absolute Gasteiger partial charge is 0.382 e. The molecule has 1 aliphatic carbocycles. The third-order valence-corrected chi connectivity index (χ3v) is 3.74. The maximum absolute atomic E-state index is 12.5. The molecular formula is C10H13F3N4OS. The summed E-state index contributed by atoms with van der Waals surface area (Å²) >= 11 is 0.961. The molecular weight excluding hydrogens is 281 g/mol. The fourth-order valence-electron chi connectivity index (χ4n) is 1.67. The molecule has 0 bridgehead atoms. The minimum Gasteiger partial charge on any atom is -0.382 e. The number of nitrogens with one attached hydrogen (secondary N) is 1. The highest BCUT2D eigenvalue weighted by Crippen LogP contribution is 2.34.